The first-order valence-electron chi connectivity index (χ1n) is 6.47. The van der Waals surface area contributed by atoms with Gasteiger partial charge < -0.3 is 10.5 Å². The monoisotopic (exact) mass is 235 g/mol. The minimum Gasteiger partial charge on any atom is -0.496 e. The van der Waals surface area contributed by atoms with Gasteiger partial charge in [-0.15, -0.1) is 0 Å². The molecule has 0 aliphatic carbocycles. The molecule has 0 fully saturated rings. The number of hydrogen-bond acceptors (Lipinski definition) is 2. The van der Waals surface area contributed by atoms with Crippen LogP contribution in [0, 0.1) is 12.8 Å². The van der Waals surface area contributed by atoms with Gasteiger partial charge in [0, 0.05) is 6.04 Å². The van der Waals surface area contributed by atoms with Gasteiger partial charge in [-0.05, 0) is 37.3 Å². The SMILES string of the molecule is CCCC(C)C(N)Cc1cc(C)ccc1OC. The summed E-state index contributed by atoms with van der Waals surface area (Å²) in [4.78, 5) is 0. The topological polar surface area (TPSA) is 35.2 Å². The van der Waals surface area contributed by atoms with Crippen LogP contribution in [0.2, 0.25) is 0 Å². The summed E-state index contributed by atoms with van der Waals surface area (Å²) in [5.74, 6) is 1.51. The summed E-state index contributed by atoms with van der Waals surface area (Å²) in [6.07, 6.45) is 3.28. The van der Waals surface area contributed by atoms with E-state index >= 15 is 0 Å². The fourth-order valence-corrected chi connectivity index (χ4v) is 2.19. The number of nitrogens with two attached hydrogens (primary N) is 1. The van der Waals surface area contributed by atoms with Crippen molar-refractivity contribution in [2.45, 2.75) is 46.1 Å². The predicted octanol–water partition coefficient (Wildman–Crippen LogP) is 3.31. The van der Waals surface area contributed by atoms with Crippen LogP contribution in [0.25, 0.3) is 0 Å². The van der Waals surface area contributed by atoms with Crippen LogP contribution in [0.3, 0.4) is 0 Å². The number of methoxy groups -OCH3 is 1. The molecule has 2 atom stereocenters. The highest BCUT2D eigenvalue weighted by molar-refractivity contribution is 5.37. The summed E-state index contributed by atoms with van der Waals surface area (Å²) in [5, 5.41) is 0. The molecule has 0 aliphatic heterocycles. The predicted molar refractivity (Wildman–Crippen MR) is 73.5 cm³/mol. The molecule has 2 N–H and O–H groups in total. The molecule has 1 rings (SSSR count). The Bertz CT molecular complexity index is 349. The number of ether oxygens (including phenoxy) is 1. The summed E-state index contributed by atoms with van der Waals surface area (Å²) in [6, 6.07) is 6.49. The Morgan fingerprint density at radius 2 is 2.06 bits per heavy atom. The van der Waals surface area contributed by atoms with Crippen LogP contribution < -0.4 is 10.5 Å². The van der Waals surface area contributed by atoms with Gasteiger partial charge in [-0.25, -0.2) is 0 Å². The van der Waals surface area contributed by atoms with Crippen molar-refractivity contribution >= 4 is 0 Å². The maximum atomic E-state index is 6.25. The van der Waals surface area contributed by atoms with Crippen LogP contribution in [0.4, 0.5) is 0 Å². The molecule has 2 heteroatoms. The Morgan fingerprint density at radius 3 is 2.65 bits per heavy atom. The third-order valence-electron chi connectivity index (χ3n) is 3.37. The molecular weight excluding hydrogens is 210 g/mol. The van der Waals surface area contributed by atoms with E-state index in [4.69, 9.17) is 10.5 Å². The highest BCUT2D eigenvalue weighted by Crippen LogP contribution is 2.23. The summed E-state index contributed by atoms with van der Waals surface area (Å²) in [5.41, 5.74) is 8.74. The molecule has 96 valence electrons. The second-order valence-electron chi connectivity index (χ2n) is 4.95. The summed E-state index contributed by atoms with van der Waals surface area (Å²) >= 11 is 0. The van der Waals surface area contributed by atoms with Crippen LogP contribution in [-0.2, 0) is 6.42 Å². The Hall–Kier alpha value is -1.02. The van der Waals surface area contributed by atoms with E-state index in [0.717, 1.165) is 12.2 Å². The minimum atomic E-state index is 0.214. The smallest absolute Gasteiger partial charge is 0.122 e. The molecule has 1 aromatic carbocycles. The molecule has 0 amide bonds. The first-order valence-corrected chi connectivity index (χ1v) is 6.47. The molecule has 2 unspecified atom stereocenters. The van der Waals surface area contributed by atoms with Crippen LogP contribution in [0.5, 0.6) is 5.75 Å². The molecule has 0 bridgehead atoms. The molecule has 0 aliphatic rings. The average molecular weight is 235 g/mol. The lowest BCUT2D eigenvalue weighted by Crippen LogP contribution is -2.30. The molecule has 0 heterocycles. The molecule has 0 saturated carbocycles. The van der Waals surface area contributed by atoms with Gasteiger partial charge in [-0.3, -0.25) is 0 Å². The lowest BCUT2D eigenvalue weighted by atomic mass is 9.91. The van der Waals surface area contributed by atoms with Crippen molar-refractivity contribution in [2.75, 3.05) is 7.11 Å². The number of hydrogen-bond donors (Lipinski definition) is 1. The Kier molecular flexibility index (Phi) is 5.49. The molecule has 0 aromatic heterocycles. The molecule has 0 radical (unpaired) electrons. The quantitative estimate of drug-likeness (QED) is 0.821. The van der Waals surface area contributed by atoms with Crippen molar-refractivity contribution in [3.63, 3.8) is 0 Å². The van der Waals surface area contributed by atoms with Crippen molar-refractivity contribution in [3.05, 3.63) is 29.3 Å². The van der Waals surface area contributed by atoms with E-state index in [1.54, 1.807) is 7.11 Å². The fraction of sp³-hybridized carbons (Fsp3) is 0.600. The van der Waals surface area contributed by atoms with E-state index in [1.807, 2.05) is 6.07 Å². The molecule has 17 heavy (non-hydrogen) atoms. The first kappa shape index (κ1) is 14.0. The van der Waals surface area contributed by atoms with Crippen molar-refractivity contribution in [1.82, 2.24) is 0 Å². The third kappa shape index (κ3) is 4.04. The van der Waals surface area contributed by atoms with Crippen LogP contribution in [-0.4, -0.2) is 13.2 Å². The normalized spacial score (nSPS) is 14.4. The number of rotatable bonds is 6. The molecule has 0 saturated heterocycles. The Morgan fingerprint density at radius 1 is 1.35 bits per heavy atom. The average Bonchev–Trinajstić information content (AvgIpc) is 2.29. The van der Waals surface area contributed by atoms with Gasteiger partial charge in [-0.2, -0.15) is 0 Å². The lowest BCUT2D eigenvalue weighted by Gasteiger charge is -2.20. The zero-order valence-corrected chi connectivity index (χ0v) is 11.5. The lowest BCUT2D eigenvalue weighted by molar-refractivity contribution is 0.392. The van der Waals surface area contributed by atoms with Crippen molar-refractivity contribution in [2.24, 2.45) is 11.7 Å². The van der Waals surface area contributed by atoms with Crippen molar-refractivity contribution < 1.29 is 4.74 Å². The van der Waals surface area contributed by atoms with Crippen LogP contribution in [0.15, 0.2) is 18.2 Å². The van der Waals surface area contributed by atoms with E-state index in [0.29, 0.717) is 5.92 Å². The molecular formula is C15H25NO. The molecule has 2 nitrogen and oxygen atoms in total. The molecule has 1 aromatic rings. The van der Waals surface area contributed by atoms with Gasteiger partial charge >= 0.3 is 0 Å². The summed E-state index contributed by atoms with van der Waals surface area (Å²) in [6.45, 7) is 6.54. The van der Waals surface area contributed by atoms with E-state index in [1.165, 1.54) is 24.0 Å². The van der Waals surface area contributed by atoms with E-state index in [-0.39, 0.29) is 6.04 Å². The second-order valence-corrected chi connectivity index (χ2v) is 4.95. The zero-order valence-electron chi connectivity index (χ0n) is 11.5. The van der Waals surface area contributed by atoms with E-state index < -0.39 is 0 Å². The Balaban J connectivity index is 2.76. The standard InChI is InChI=1S/C15H25NO/c1-5-6-12(3)14(16)10-13-9-11(2)7-8-15(13)17-4/h7-9,12,14H,5-6,10,16H2,1-4H3. The van der Waals surface area contributed by atoms with Gasteiger partial charge in [0.05, 0.1) is 7.11 Å². The fourth-order valence-electron chi connectivity index (χ4n) is 2.19. The van der Waals surface area contributed by atoms with Gasteiger partial charge in [0.2, 0.25) is 0 Å². The Labute approximate surface area is 105 Å². The summed E-state index contributed by atoms with van der Waals surface area (Å²) in [7, 11) is 1.72. The second kappa shape index (κ2) is 6.65. The highest BCUT2D eigenvalue weighted by Gasteiger charge is 2.14. The van der Waals surface area contributed by atoms with Crippen molar-refractivity contribution in [3.8, 4) is 5.75 Å². The van der Waals surface area contributed by atoms with Crippen LogP contribution >= 0.6 is 0 Å². The number of benzene rings is 1. The first-order chi connectivity index (χ1) is 8.08. The largest absolute Gasteiger partial charge is 0.496 e. The van der Waals surface area contributed by atoms with Gasteiger partial charge in [0.1, 0.15) is 5.75 Å². The minimum absolute atomic E-state index is 0.214. The van der Waals surface area contributed by atoms with Gasteiger partial charge in [0.15, 0.2) is 0 Å². The third-order valence-corrected chi connectivity index (χ3v) is 3.37. The zero-order chi connectivity index (χ0) is 12.8. The number of aryl methyl sites for hydroxylation is 1. The maximum Gasteiger partial charge on any atom is 0.122 e. The maximum absolute atomic E-state index is 6.25. The van der Waals surface area contributed by atoms with Gasteiger partial charge in [0.25, 0.3) is 0 Å². The molecule has 0 spiro atoms. The summed E-state index contributed by atoms with van der Waals surface area (Å²) < 4.78 is 5.39. The van der Waals surface area contributed by atoms with E-state index in [2.05, 4.69) is 32.9 Å². The van der Waals surface area contributed by atoms with E-state index in [9.17, 15) is 0 Å². The van der Waals surface area contributed by atoms with Crippen molar-refractivity contribution in [1.29, 1.82) is 0 Å². The van der Waals surface area contributed by atoms with Gasteiger partial charge in [-0.1, -0.05) is 38.0 Å². The highest BCUT2D eigenvalue weighted by atomic mass is 16.5. The van der Waals surface area contributed by atoms with Crippen LogP contribution in [0.1, 0.15) is 37.8 Å².